The van der Waals surface area contributed by atoms with Crippen molar-refractivity contribution in [2.24, 2.45) is 5.14 Å². The Morgan fingerprint density at radius 1 is 0.909 bits per heavy atom. The zero-order valence-electron chi connectivity index (χ0n) is 5.51. The smallest absolute Gasteiger partial charge is 0.0225 e. The van der Waals surface area contributed by atoms with Crippen LogP contribution in [-0.2, 0) is 0 Å². The molecule has 1 rings (SSSR count). The molecule has 1 aromatic carbocycles. The van der Waals surface area contributed by atoms with Crippen molar-refractivity contribution >= 4 is 11.9 Å². The topological polar surface area (TPSA) is 26.0 Å². The van der Waals surface area contributed by atoms with Crippen molar-refractivity contribution in [3.63, 3.8) is 0 Å². The van der Waals surface area contributed by atoms with Crippen molar-refractivity contribution in [2.45, 2.75) is 4.90 Å². The second kappa shape index (κ2) is 9.32. The molecule has 5 heteroatoms. The van der Waals surface area contributed by atoms with Crippen LogP contribution in [0.4, 0.5) is 0 Å². The molecule has 1 aromatic rings. The fourth-order valence-electron chi connectivity index (χ4n) is 0.499. The van der Waals surface area contributed by atoms with Crippen LogP contribution >= 0.6 is 11.9 Å². The number of nitrogens with two attached hydrogens (primary N) is 1. The fourth-order valence-corrected chi connectivity index (χ4v) is 0.813. The van der Waals surface area contributed by atoms with Crippen molar-refractivity contribution in [3.8, 4) is 0 Å². The van der Waals surface area contributed by atoms with Gasteiger partial charge in [-0.3, -0.25) is 5.14 Å². The lowest BCUT2D eigenvalue weighted by Crippen LogP contribution is -3.00. The summed E-state index contributed by atoms with van der Waals surface area (Å²) in [5.74, 6) is 0. The third-order valence-electron chi connectivity index (χ3n) is 0.879. The first kappa shape index (κ1) is 16.7. The monoisotopic (exact) mass is 182 g/mol. The highest BCUT2D eigenvalue weighted by Crippen LogP contribution is 2.08. The van der Waals surface area contributed by atoms with Gasteiger partial charge >= 0.3 is 0 Å². The summed E-state index contributed by atoms with van der Waals surface area (Å²) < 4.78 is 0. The molecule has 1 nitrogen and oxygen atoms in total. The van der Waals surface area contributed by atoms with Crippen LogP contribution in [0.2, 0.25) is 0 Å². The summed E-state index contributed by atoms with van der Waals surface area (Å²) in [6.07, 6.45) is 0. The second-order valence-corrected chi connectivity index (χ2v) is 2.14. The molecular formula is C6H7F3NS-3. The summed E-state index contributed by atoms with van der Waals surface area (Å²) in [7, 11) is 0. The molecule has 11 heavy (non-hydrogen) atoms. The van der Waals surface area contributed by atoms with Gasteiger partial charge < -0.3 is 14.1 Å². The van der Waals surface area contributed by atoms with Gasteiger partial charge in [-0.25, -0.2) is 0 Å². The normalized spacial score (nSPS) is 6.64. The van der Waals surface area contributed by atoms with Crippen LogP contribution in [0.25, 0.3) is 0 Å². The first-order valence-electron chi connectivity index (χ1n) is 2.35. The Labute approximate surface area is 67.2 Å². The van der Waals surface area contributed by atoms with E-state index in [1.807, 2.05) is 30.3 Å². The predicted molar refractivity (Wildman–Crippen MR) is 36.5 cm³/mol. The Kier molecular flexibility index (Phi) is 14.2. The van der Waals surface area contributed by atoms with Gasteiger partial charge in [0.05, 0.1) is 0 Å². The van der Waals surface area contributed by atoms with Gasteiger partial charge in [-0.05, 0) is 24.1 Å². The molecule has 0 heterocycles. The number of benzene rings is 1. The standard InChI is InChI=1S/C6H7NS.3FH/c7-8-6-4-2-1-3-5-6;;;/h1-5H,7H2;3*1H/p-3. The van der Waals surface area contributed by atoms with E-state index >= 15 is 0 Å². The molecule has 0 radical (unpaired) electrons. The molecule has 0 fully saturated rings. The lowest BCUT2D eigenvalue weighted by molar-refractivity contribution is -0.001000. The van der Waals surface area contributed by atoms with Gasteiger partial charge in [0.2, 0.25) is 0 Å². The summed E-state index contributed by atoms with van der Waals surface area (Å²) in [5, 5.41) is 5.27. The third-order valence-corrected chi connectivity index (χ3v) is 1.42. The minimum Gasteiger partial charge on any atom is -1.00 e. The summed E-state index contributed by atoms with van der Waals surface area (Å²) in [4.78, 5) is 1.10. The Bertz CT molecular complexity index is 159. The van der Waals surface area contributed by atoms with E-state index in [1.54, 1.807) is 0 Å². The highest BCUT2D eigenvalue weighted by molar-refractivity contribution is 7.97. The first-order valence-corrected chi connectivity index (χ1v) is 3.23. The Morgan fingerprint density at radius 3 is 1.64 bits per heavy atom. The molecular weight excluding hydrogens is 175 g/mol. The van der Waals surface area contributed by atoms with Gasteiger partial charge in [-0.1, -0.05) is 18.2 Å². The van der Waals surface area contributed by atoms with Crippen LogP contribution in [0, 0.1) is 0 Å². The van der Waals surface area contributed by atoms with Crippen molar-refractivity contribution in [2.75, 3.05) is 0 Å². The maximum atomic E-state index is 5.27. The van der Waals surface area contributed by atoms with E-state index < -0.39 is 0 Å². The van der Waals surface area contributed by atoms with Crippen molar-refractivity contribution in [3.05, 3.63) is 30.3 Å². The van der Waals surface area contributed by atoms with E-state index in [0.717, 1.165) is 4.90 Å². The van der Waals surface area contributed by atoms with Gasteiger partial charge in [0, 0.05) is 4.90 Å². The average molecular weight is 182 g/mol. The van der Waals surface area contributed by atoms with Crippen LogP contribution in [0.5, 0.6) is 0 Å². The molecule has 0 saturated carbocycles. The zero-order chi connectivity index (χ0) is 5.82. The summed E-state index contributed by atoms with van der Waals surface area (Å²) in [6, 6.07) is 9.86. The lowest BCUT2D eigenvalue weighted by Gasteiger charge is -1.88. The first-order chi connectivity index (χ1) is 3.93. The van der Waals surface area contributed by atoms with Gasteiger partial charge in [0.15, 0.2) is 0 Å². The molecule has 0 aliphatic carbocycles. The number of hydrogen-bond acceptors (Lipinski definition) is 2. The van der Waals surface area contributed by atoms with E-state index in [4.69, 9.17) is 5.14 Å². The van der Waals surface area contributed by atoms with Crippen molar-refractivity contribution < 1.29 is 14.1 Å². The van der Waals surface area contributed by atoms with Crippen molar-refractivity contribution in [1.29, 1.82) is 0 Å². The maximum Gasteiger partial charge on any atom is 0.0225 e. The van der Waals surface area contributed by atoms with Crippen LogP contribution in [-0.4, -0.2) is 0 Å². The van der Waals surface area contributed by atoms with E-state index in [1.165, 1.54) is 11.9 Å². The largest absolute Gasteiger partial charge is 1.00 e. The summed E-state index contributed by atoms with van der Waals surface area (Å²) in [6.45, 7) is 0. The van der Waals surface area contributed by atoms with Crippen LogP contribution in [0.1, 0.15) is 0 Å². The van der Waals surface area contributed by atoms with Gasteiger partial charge in [0.25, 0.3) is 0 Å². The average Bonchev–Trinajstić information content (AvgIpc) is 1.90. The van der Waals surface area contributed by atoms with Crippen LogP contribution < -0.4 is 19.3 Å². The molecule has 0 amide bonds. The van der Waals surface area contributed by atoms with Gasteiger partial charge in [0.1, 0.15) is 0 Å². The maximum absolute atomic E-state index is 5.27. The second-order valence-electron chi connectivity index (χ2n) is 1.43. The molecule has 66 valence electrons. The quantitative estimate of drug-likeness (QED) is 0.437. The molecule has 0 bridgehead atoms. The van der Waals surface area contributed by atoms with E-state index in [9.17, 15) is 0 Å². The molecule has 0 aliphatic rings. The van der Waals surface area contributed by atoms with E-state index in [-0.39, 0.29) is 14.1 Å². The Morgan fingerprint density at radius 2 is 1.36 bits per heavy atom. The molecule has 0 aliphatic heterocycles. The minimum absolute atomic E-state index is 0. The molecule has 0 atom stereocenters. The molecule has 2 N–H and O–H groups in total. The number of hydrogen-bond donors (Lipinski definition) is 1. The lowest BCUT2D eigenvalue weighted by atomic mass is 10.4. The van der Waals surface area contributed by atoms with Gasteiger partial charge in [-0.2, -0.15) is 0 Å². The fraction of sp³-hybridized carbons (Fsp3) is 0. The highest BCUT2D eigenvalue weighted by Gasteiger charge is 1.81. The molecule has 0 aromatic heterocycles. The number of halogens is 3. The number of rotatable bonds is 1. The highest BCUT2D eigenvalue weighted by atomic mass is 32.2. The van der Waals surface area contributed by atoms with Crippen molar-refractivity contribution in [1.82, 2.24) is 0 Å². The Hall–Kier alpha value is -0.680. The molecule has 0 unspecified atom stereocenters. The Balaban J connectivity index is -0.000000213. The van der Waals surface area contributed by atoms with Crippen LogP contribution in [0.3, 0.4) is 0 Å². The molecule has 0 spiro atoms. The predicted octanol–water partition coefficient (Wildman–Crippen LogP) is -7.34. The minimum atomic E-state index is 0. The SMILES string of the molecule is NSc1ccccc1.[F-].[F-].[F-]. The summed E-state index contributed by atoms with van der Waals surface area (Å²) >= 11 is 1.27. The van der Waals surface area contributed by atoms with Crippen LogP contribution in [0.15, 0.2) is 35.2 Å². The summed E-state index contributed by atoms with van der Waals surface area (Å²) in [5.41, 5.74) is 0. The molecule has 0 saturated heterocycles. The van der Waals surface area contributed by atoms with E-state index in [2.05, 4.69) is 0 Å². The third kappa shape index (κ3) is 5.75. The zero-order valence-corrected chi connectivity index (χ0v) is 6.32. The van der Waals surface area contributed by atoms with E-state index in [0.29, 0.717) is 0 Å². The van der Waals surface area contributed by atoms with Gasteiger partial charge in [-0.15, -0.1) is 0 Å².